The van der Waals surface area contributed by atoms with Gasteiger partial charge >= 0.3 is 0 Å². The van der Waals surface area contributed by atoms with Crippen molar-refractivity contribution in [3.8, 4) is 12.1 Å². The molecule has 1 aromatic rings. The Morgan fingerprint density at radius 1 is 1.04 bits per heavy atom. The summed E-state index contributed by atoms with van der Waals surface area (Å²) in [7, 11) is 0. The molecule has 2 amide bonds. The third kappa shape index (κ3) is 3.14. The highest BCUT2D eigenvalue weighted by Crippen LogP contribution is 2.47. The number of piperidine rings is 1. The van der Waals surface area contributed by atoms with Gasteiger partial charge in [0, 0.05) is 12.0 Å². The average Bonchev–Trinajstić information content (AvgIpc) is 2.80. The van der Waals surface area contributed by atoms with Gasteiger partial charge in [0.05, 0.1) is 12.1 Å². The number of carbonyl (C=O) groups excluding carboxylic acids is 2. The van der Waals surface area contributed by atoms with Crippen molar-refractivity contribution in [1.29, 1.82) is 10.5 Å². The second-order valence-corrected chi connectivity index (χ2v) is 6.83. The maximum atomic E-state index is 12.2. The fourth-order valence-electron chi connectivity index (χ4n) is 4.14. The van der Waals surface area contributed by atoms with Crippen LogP contribution in [0.1, 0.15) is 24.8 Å². The molecule has 1 N–H and O–H groups in total. The molecule has 2 fully saturated rings. The van der Waals surface area contributed by atoms with Crippen LogP contribution in [0, 0.1) is 39.9 Å². The van der Waals surface area contributed by atoms with Gasteiger partial charge in [-0.2, -0.15) is 10.5 Å². The number of amides is 2. The number of carbonyl (C=O) groups is 2. The number of rotatable bonds is 2. The van der Waals surface area contributed by atoms with Crippen molar-refractivity contribution in [2.45, 2.75) is 25.8 Å². The number of nitrogens with one attached hydrogen (secondary N) is 1. The summed E-state index contributed by atoms with van der Waals surface area (Å²) in [6.45, 7) is 2.26. The van der Waals surface area contributed by atoms with Crippen molar-refractivity contribution in [2.24, 2.45) is 17.3 Å². The van der Waals surface area contributed by atoms with E-state index in [1.807, 2.05) is 18.2 Å². The van der Waals surface area contributed by atoms with E-state index >= 15 is 0 Å². The van der Waals surface area contributed by atoms with E-state index in [0.29, 0.717) is 19.4 Å². The van der Waals surface area contributed by atoms with E-state index < -0.39 is 29.1 Å². The largest absolute Gasteiger partial charge is 0.299 e. The van der Waals surface area contributed by atoms with Gasteiger partial charge in [-0.1, -0.05) is 30.3 Å². The first-order valence-electron chi connectivity index (χ1n) is 8.51. The summed E-state index contributed by atoms with van der Waals surface area (Å²) in [5, 5.41) is 21.2. The van der Waals surface area contributed by atoms with E-state index in [2.05, 4.69) is 34.5 Å². The van der Waals surface area contributed by atoms with E-state index in [1.54, 1.807) is 0 Å². The summed E-state index contributed by atoms with van der Waals surface area (Å²) in [6, 6.07) is 14.2. The zero-order valence-electron chi connectivity index (χ0n) is 13.9. The molecule has 0 aliphatic carbocycles. The highest BCUT2D eigenvalue weighted by Gasteiger charge is 2.56. The minimum atomic E-state index is -0.952. The van der Waals surface area contributed by atoms with Crippen molar-refractivity contribution < 1.29 is 9.59 Å². The molecule has 0 radical (unpaired) electrons. The Kier molecular flexibility index (Phi) is 4.83. The molecule has 2 unspecified atom stereocenters. The summed E-state index contributed by atoms with van der Waals surface area (Å²) in [5.74, 6) is -3.02. The lowest BCUT2D eigenvalue weighted by Crippen LogP contribution is -2.57. The third-order valence-electron chi connectivity index (χ3n) is 5.44. The molecule has 2 heterocycles. The molecule has 128 valence electrons. The molecule has 2 atom stereocenters. The summed E-state index contributed by atoms with van der Waals surface area (Å²) < 4.78 is 0. The van der Waals surface area contributed by atoms with Gasteiger partial charge in [0.15, 0.2) is 0 Å². The Morgan fingerprint density at radius 2 is 1.68 bits per heavy atom. The van der Waals surface area contributed by atoms with Gasteiger partial charge in [0.25, 0.3) is 0 Å². The molecular formula is C19H20N4O2. The normalized spacial score (nSPS) is 30.2. The molecule has 1 spiro atoms. The third-order valence-corrected chi connectivity index (χ3v) is 5.44. The molecule has 2 saturated heterocycles. The zero-order valence-corrected chi connectivity index (χ0v) is 13.9. The van der Waals surface area contributed by atoms with E-state index in [4.69, 9.17) is 0 Å². The van der Waals surface area contributed by atoms with Crippen molar-refractivity contribution in [3.05, 3.63) is 35.9 Å². The predicted octanol–water partition coefficient (Wildman–Crippen LogP) is 1.59. The van der Waals surface area contributed by atoms with Crippen LogP contribution in [0.2, 0.25) is 0 Å². The number of imide groups is 1. The fraction of sp³-hybridized carbons (Fsp3) is 0.474. The van der Waals surface area contributed by atoms with Gasteiger partial charge in [-0.15, -0.1) is 0 Å². The summed E-state index contributed by atoms with van der Waals surface area (Å²) in [4.78, 5) is 26.6. The first-order chi connectivity index (χ1) is 12.1. The molecule has 0 aromatic heterocycles. The van der Waals surface area contributed by atoms with Gasteiger partial charge in [-0.3, -0.25) is 19.8 Å². The number of hydrogen-bond donors (Lipinski definition) is 1. The summed E-state index contributed by atoms with van der Waals surface area (Å²) in [5.41, 5.74) is 0.318. The van der Waals surface area contributed by atoms with Gasteiger partial charge in [-0.05, 0) is 37.9 Å². The molecular weight excluding hydrogens is 316 g/mol. The van der Waals surface area contributed by atoms with E-state index in [9.17, 15) is 20.1 Å². The molecule has 1 aromatic carbocycles. The molecule has 6 heteroatoms. The number of nitriles is 2. The van der Waals surface area contributed by atoms with Crippen LogP contribution in [-0.2, 0) is 16.1 Å². The van der Waals surface area contributed by atoms with Crippen LogP contribution in [-0.4, -0.2) is 29.8 Å². The topological polar surface area (TPSA) is 97.0 Å². The van der Waals surface area contributed by atoms with Crippen molar-refractivity contribution in [1.82, 2.24) is 10.2 Å². The number of benzene rings is 1. The van der Waals surface area contributed by atoms with Gasteiger partial charge in [0.2, 0.25) is 11.8 Å². The Morgan fingerprint density at radius 3 is 2.28 bits per heavy atom. The fourth-order valence-corrected chi connectivity index (χ4v) is 4.14. The van der Waals surface area contributed by atoms with Gasteiger partial charge in [0.1, 0.15) is 11.8 Å². The number of likely N-dealkylation sites (tertiary alicyclic amines) is 1. The van der Waals surface area contributed by atoms with Gasteiger partial charge < -0.3 is 0 Å². The predicted molar refractivity (Wildman–Crippen MR) is 89.4 cm³/mol. The minimum absolute atomic E-state index is 0.495. The number of hydrogen-bond acceptors (Lipinski definition) is 5. The smallest absolute Gasteiger partial charge is 0.244 e. The van der Waals surface area contributed by atoms with E-state index in [1.165, 1.54) is 5.56 Å². The second-order valence-electron chi connectivity index (χ2n) is 6.83. The molecule has 25 heavy (non-hydrogen) atoms. The molecule has 0 saturated carbocycles. The standard InChI is InChI=1S/C19H20N4O2/c20-11-15-17(24)22-18(25)16(12-21)19(15)7-4-9-23(10-8-19)13-14-5-2-1-3-6-14/h1-3,5-6,15-16H,4,7-10,13H2,(H,22,24,25). The Balaban J connectivity index is 1.83. The minimum Gasteiger partial charge on any atom is -0.299 e. The molecule has 6 nitrogen and oxygen atoms in total. The van der Waals surface area contributed by atoms with E-state index in [-0.39, 0.29) is 0 Å². The first kappa shape index (κ1) is 17.1. The number of nitrogens with zero attached hydrogens (tertiary/aromatic N) is 3. The van der Waals surface area contributed by atoms with Gasteiger partial charge in [-0.25, -0.2) is 0 Å². The molecule has 0 bridgehead atoms. The lowest BCUT2D eigenvalue weighted by Gasteiger charge is -2.42. The highest BCUT2D eigenvalue weighted by atomic mass is 16.2. The van der Waals surface area contributed by atoms with Crippen LogP contribution in [0.4, 0.5) is 0 Å². The Hall–Kier alpha value is -2.70. The Bertz CT molecular complexity index is 715. The second kappa shape index (κ2) is 7.04. The summed E-state index contributed by atoms with van der Waals surface area (Å²) in [6.07, 6.45) is 1.78. The zero-order chi connectivity index (χ0) is 17.9. The van der Waals surface area contributed by atoms with Crippen LogP contribution >= 0.6 is 0 Å². The van der Waals surface area contributed by atoms with Crippen LogP contribution in [0.15, 0.2) is 30.3 Å². The highest BCUT2D eigenvalue weighted by molar-refractivity contribution is 6.03. The van der Waals surface area contributed by atoms with Crippen molar-refractivity contribution >= 4 is 11.8 Å². The molecule has 3 rings (SSSR count). The molecule has 2 aliphatic rings. The lowest BCUT2D eigenvalue weighted by molar-refractivity contribution is -0.145. The van der Waals surface area contributed by atoms with Crippen LogP contribution in [0.3, 0.4) is 0 Å². The van der Waals surface area contributed by atoms with Crippen molar-refractivity contribution in [2.75, 3.05) is 13.1 Å². The lowest BCUT2D eigenvalue weighted by atomic mass is 9.60. The quantitative estimate of drug-likeness (QED) is 0.827. The van der Waals surface area contributed by atoms with Crippen LogP contribution in [0.25, 0.3) is 0 Å². The van der Waals surface area contributed by atoms with Crippen LogP contribution in [0.5, 0.6) is 0 Å². The van der Waals surface area contributed by atoms with Crippen LogP contribution < -0.4 is 5.32 Å². The van der Waals surface area contributed by atoms with Crippen molar-refractivity contribution in [3.63, 3.8) is 0 Å². The Labute approximate surface area is 147 Å². The SMILES string of the molecule is N#CC1C(=O)NC(=O)C(C#N)C12CCCN(Cc1ccccc1)CC2. The monoisotopic (exact) mass is 336 g/mol. The first-order valence-corrected chi connectivity index (χ1v) is 8.51. The molecule has 2 aliphatic heterocycles. The maximum absolute atomic E-state index is 12.2. The summed E-state index contributed by atoms with van der Waals surface area (Å²) >= 11 is 0. The van der Waals surface area contributed by atoms with E-state index in [0.717, 1.165) is 19.5 Å². The maximum Gasteiger partial charge on any atom is 0.244 e. The average molecular weight is 336 g/mol.